The van der Waals surface area contributed by atoms with Gasteiger partial charge in [0.1, 0.15) is 6.04 Å². The lowest BCUT2D eigenvalue weighted by atomic mass is 9.99. The summed E-state index contributed by atoms with van der Waals surface area (Å²) in [6, 6.07) is 5.85. The minimum atomic E-state index is -0.432. The monoisotopic (exact) mass is 266 g/mol. The number of amides is 3. The van der Waals surface area contributed by atoms with Gasteiger partial charge in [0.05, 0.1) is 5.69 Å². The second kappa shape index (κ2) is 4.98. The number of rotatable bonds is 3. The maximum Gasteiger partial charge on any atom is 0.329 e. The number of anilines is 1. The van der Waals surface area contributed by atoms with E-state index in [2.05, 4.69) is 5.32 Å². The normalized spacial score (nSPS) is 21.1. The van der Waals surface area contributed by atoms with E-state index < -0.39 is 6.04 Å². The van der Waals surface area contributed by atoms with Gasteiger partial charge in [0.25, 0.3) is 5.91 Å². The van der Waals surface area contributed by atoms with E-state index in [0.29, 0.717) is 10.7 Å². The number of carbonyl (C=O) groups excluding carboxylic acids is 2. The molecule has 18 heavy (non-hydrogen) atoms. The fourth-order valence-corrected chi connectivity index (χ4v) is 2.08. The molecule has 2 unspecified atom stereocenters. The van der Waals surface area contributed by atoms with Crippen molar-refractivity contribution >= 4 is 29.2 Å². The van der Waals surface area contributed by atoms with Gasteiger partial charge in [-0.1, -0.05) is 31.9 Å². The molecule has 1 aliphatic heterocycles. The third-order valence-electron chi connectivity index (χ3n) is 3.27. The van der Waals surface area contributed by atoms with E-state index in [9.17, 15) is 9.59 Å². The smallest absolute Gasteiger partial charge is 0.325 e. The van der Waals surface area contributed by atoms with Gasteiger partial charge in [0, 0.05) is 5.02 Å². The SMILES string of the molecule is CCC(C)C1NC(=O)N(c2ccc(Cl)cc2)C1=O. The van der Waals surface area contributed by atoms with Crippen LogP contribution in [-0.4, -0.2) is 18.0 Å². The van der Waals surface area contributed by atoms with Crippen LogP contribution >= 0.6 is 11.6 Å². The van der Waals surface area contributed by atoms with Crippen LogP contribution in [0.1, 0.15) is 20.3 Å². The lowest BCUT2D eigenvalue weighted by Gasteiger charge is -2.16. The third-order valence-corrected chi connectivity index (χ3v) is 3.52. The van der Waals surface area contributed by atoms with E-state index in [-0.39, 0.29) is 17.9 Å². The quantitative estimate of drug-likeness (QED) is 0.856. The Kier molecular flexibility index (Phi) is 3.57. The summed E-state index contributed by atoms with van der Waals surface area (Å²) in [6.07, 6.45) is 0.838. The Morgan fingerprint density at radius 1 is 1.33 bits per heavy atom. The summed E-state index contributed by atoms with van der Waals surface area (Å²) in [6.45, 7) is 3.95. The van der Waals surface area contributed by atoms with Gasteiger partial charge in [-0.2, -0.15) is 0 Å². The van der Waals surface area contributed by atoms with Crippen molar-refractivity contribution < 1.29 is 9.59 Å². The molecule has 1 fully saturated rings. The molecule has 0 bridgehead atoms. The second-order valence-electron chi connectivity index (χ2n) is 4.46. The van der Waals surface area contributed by atoms with Crippen molar-refractivity contribution in [2.24, 2.45) is 5.92 Å². The molecule has 0 spiro atoms. The average molecular weight is 267 g/mol. The summed E-state index contributed by atoms with van der Waals surface area (Å²) in [7, 11) is 0. The molecule has 5 heteroatoms. The van der Waals surface area contributed by atoms with E-state index >= 15 is 0 Å². The van der Waals surface area contributed by atoms with Gasteiger partial charge >= 0.3 is 6.03 Å². The summed E-state index contributed by atoms with van der Waals surface area (Å²) in [4.78, 5) is 25.2. The van der Waals surface area contributed by atoms with Crippen LogP contribution in [0.2, 0.25) is 5.02 Å². The van der Waals surface area contributed by atoms with Crippen molar-refractivity contribution in [3.8, 4) is 0 Å². The van der Waals surface area contributed by atoms with E-state index in [1.165, 1.54) is 4.90 Å². The predicted molar refractivity (Wildman–Crippen MR) is 70.7 cm³/mol. The minimum Gasteiger partial charge on any atom is -0.325 e. The van der Waals surface area contributed by atoms with Crippen LogP contribution in [0.4, 0.5) is 10.5 Å². The first kappa shape index (κ1) is 12.9. The third kappa shape index (κ3) is 2.20. The number of nitrogens with one attached hydrogen (secondary N) is 1. The minimum absolute atomic E-state index is 0.124. The van der Waals surface area contributed by atoms with Gasteiger partial charge in [-0.15, -0.1) is 0 Å². The highest BCUT2D eigenvalue weighted by molar-refractivity contribution is 6.30. The van der Waals surface area contributed by atoms with Crippen LogP contribution in [0.5, 0.6) is 0 Å². The number of hydrogen-bond donors (Lipinski definition) is 1. The molecule has 1 aliphatic rings. The summed E-state index contributed by atoms with van der Waals surface area (Å²) in [5.74, 6) is -0.0737. The van der Waals surface area contributed by atoms with Gasteiger partial charge in [-0.05, 0) is 30.2 Å². The Morgan fingerprint density at radius 3 is 2.50 bits per heavy atom. The van der Waals surface area contributed by atoms with E-state index in [0.717, 1.165) is 6.42 Å². The summed E-state index contributed by atoms with van der Waals surface area (Å²) >= 11 is 5.79. The van der Waals surface area contributed by atoms with E-state index in [1.807, 2.05) is 13.8 Å². The lowest BCUT2D eigenvalue weighted by molar-refractivity contribution is -0.119. The van der Waals surface area contributed by atoms with Crippen LogP contribution in [0.25, 0.3) is 0 Å². The highest BCUT2D eigenvalue weighted by Gasteiger charge is 2.41. The molecule has 2 rings (SSSR count). The summed E-state index contributed by atoms with van der Waals surface area (Å²) in [5.41, 5.74) is 0.549. The van der Waals surface area contributed by atoms with Crippen LogP contribution in [0.15, 0.2) is 24.3 Å². The summed E-state index contributed by atoms with van der Waals surface area (Å²) < 4.78 is 0. The first-order valence-electron chi connectivity index (χ1n) is 5.94. The van der Waals surface area contributed by atoms with Gasteiger partial charge in [0.15, 0.2) is 0 Å². The van der Waals surface area contributed by atoms with Crippen molar-refractivity contribution in [1.29, 1.82) is 0 Å². The highest BCUT2D eigenvalue weighted by Crippen LogP contribution is 2.24. The van der Waals surface area contributed by atoms with E-state index in [4.69, 9.17) is 11.6 Å². The molecule has 0 aromatic heterocycles. The van der Waals surface area contributed by atoms with Crippen molar-refractivity contribution in [3.05, 3.63) is 29.3 Å². The zero-order valence-corrected chi connectivity index (χ0v) is 11.1. The number of benzene rings is 1. The molecule has 1 saturated heterocycles. The molecule has 1 aromatic rings. The molecule has 1 heterocycles. The molecule has 1 N–H and O–H groups in total. The molecule has 0 aliphatic carbocycles. The fourth-order valence-electron chi connectivity index (χ4n) is 1.95. The Hall–Kier alpha value is -1.55. The van der Waals surface area contributed by atoms with Crippen molar-refractivity contribution in [2.45, 2.75) is 26.3 Å². The molecule has 0 saturated carbocycles. The van der Waals surface area contributed by atoms with Crippen molar-refractivity contribution in [3.63, 3.8) is 0 Å². The molecular weight excluding hydrogens is 252 g/mol. The van der Waals surface area contributed by atoms with Crippen LogP contribution < -0.4 is 10.2 Å². The zero-order chi connectivity index (χ0) is 13.3. The fraction of sp³-hybridized carbons (Fsp3) is 0.385. The predicted octanol–water partition coefficient (Wildman–Crippen LogP) is 2.81. The van der Waals surface area contributed by atoms with Crippen molar-refractivity contribution in [1.82, 2.24) is 5.32 Å². The number of nitrogens with zero attached hydrogens (tertiary/aromatic N) is 1. The van der Waals surface area contributed by atoms with Crippen LogP contribution in [0, 0.1) is 5.92 Å². The first-order valence-corrected chi connectivity index (χ1v) is 6.32. The average Bonchev–Trinajstić information content (AvgIpc) is 2.65. The Bertz CT molecular complexity index is 472. The number of halogens is 1. The molecule has 2 atom stereocenters. The highest BCUT2D eigenvalue weighted by atomic mass is 35.5. The van der Waals surface area contributed by atoms with Gasteiger partial charge in [-0.25, -0.2) is 9.69 Å². The first-order chi connectivity index (χ1) is 8.54. The maximum absolute atomic E-state index is 12.2. The van der Waals surface area contributed by atoms with Crippen molar-refractivity contribution in [2.75, 3.05) is 4.90 Å². The number of imide groups is 1. The second-order valence-corrected chi connectivity index (χ2v) is 4.90. The van der Waals surface area contributed by atoms with E-state index in [1.54, 1.807) is 24.3 Å². The molecule has 4 nitrogen and oxygen atoms in total. The molecule has 0 radical (unpaired) electrons. The summed E-state index contributed by atoms with van der Waals surface area (Å²) in [5, 5.41) is 3.30. The standard InChI is InChI=1S/C13H15ClN2O2/c1-3-8(2)11-12(17)16(13(18)15-11)10-6-4-9(14)5-7-10/h4-8,11H,3H2,1-2H3,(H,15,18). The van der Waals surface area contributed by atoms with Crippen LogP contribution in [-0.2, 0) is 4.79 Å². The van der Waals surface area contributed by atoms with Crippen LogP contribution in [0.3, 0.4) is 0 Å². The molecule has 1 aromatic carbocycles. The maximum atomic E-state index is 12.2. The topological polar surface area (TPSA) is 49.4 Å². The lowest BCUT2D eigenvalue weighted by Crippen LogP contribution is -2.35. The number of carbonyl (C=O) groups is 2. The zero-order valence-electron chi connectivity index (χ0n) is 10.3. The molecule has 3 amide bonds. The Morgan fingerprint density at radius 2 is 1.94 bits per heavy atom. The Balaban J connectivity index is 2.27. The number of urea groups is 1. The Labute approximate surface area is 111 Å². The largest absolute Gasteiger partial charge is 0.329 e. The van der Waals surface area contributed by atoms with Gasteiger partial charge in [0.2, 0.25) is 0 Å². The van der Waals surface area contributed by atoms with Gasteiger partial charge in [-0.3, -0.25) is 4.79 Å². The molecule has 96 valence electrons. The molecular formula is C13H15ClN2O2. The van der Waals surface area contributed by atoms with Gasteiger partial charge < -0.3 is 5.32 Å². The number of hydrogen-bond acceptors (Lipinski definition) is 2.